The highest BCUT2D eigenvalue weighted by Crippen LogP contribution is 2.27. The molecule has 0 spiro atoms. The zero-order valence-corrected chi connectivity index (χ0v) is 13.5. The highest BCUT2D eigenvalue weighted by molar-refractivity contribution is 5.94. The van der Waals surface area contributed by atoms with Gasteiger partial charge >= 0.3 is 0 Å². The normalized spacial score (nSPS) is 17.5. The predicted octanol–water partition coefficient (Wildman–Crippen LogP) is 1.67. The van der Waals surface area contributed by atoms with Crippen LogP contribution >= 0.6 is 0 Å². The minimum Gasteiger partial charge on any atom is -0.368 e. The number of carbonyl (C=O) groups excluding carboxylic acids is 2. The highest BCUT2D eigenvalue weighted by Gasteiger charge is 2.29. The Morgan fingerprint density at radius 2 is 2.12 bits per heavy atom. The summed E-state index contributed by atoms with van der Waals surface area (Å²) in [7, 11) is 0. The van der Waals surface area contributed by atoms with Crippen molar-refractivity contribution in [2.75, 3.05) is 13.1 Å². The molecule has 2 amide bonds. The Morgan fingerprint density at radius 3 is 2.84 bits per heavy atom. The van der Waals surface area contributed by atoms with E-state index in [2.05, 4.69) is 4.98 Å². The third-order valence-electron chi connectivity index (χ3n) is 4.31. The van der Waals surface area contributed by atoms with Crippen molar-refractivity contribution in [3.63, 3.8) is 0 Å². The molecule has 132 valence electrons. The van der Waals surface area contributed by atoms with Gasteiger partial charge in [-0.1, -0.05) is 0 Å². The highest BCUT2D eigenvalue weighted by atomic mass is 19.1. The molecule has 0 radical (unpaired) electrons. The molecule has 1 aliphatic heterocycles. The van der Waals surface area contributed by atoms with Crippen molar-refractivity contribution in [3.8, 4) is 0 Å². The fraction of sp³-hybridized carbons (Fsp3) is 0.353. The summed E-state index contributed by atoms with van der Waals surface area (Å²) in [6.45, 7) is 0.862. The molecule has 1 saturated heterocycles. The van der Waals surface area contributed by atoms with Crippen LogP contribution in [0.4, 0.5) is 8.78 Å². The number of amides is 2. The quantitative estimate of drug-likeness (QED) is 0.912. The number of likely N-dealkylation sites (tertiary alicyclic amines) is 1. The molecular formula is C17H18F2N4O2. The number of hydrogen-bond acceptors (Lipinski definition) is 3. The maximum atomic E-state index is 13.9. The summed E-state index contributed by atoms with van der Waals surface area (Å²) in [5.41, 5.74) is 5.09. The lowest BCUT2D eigenvalue weighted by molar-refractivity contribution is -0.118. The van der Waals surface area contributed by atoms with E-state index < -0.39 is 23.4 Å². The van der Waals surface area contributed by atoms with Crippen molar-refractivity contribution in [2.24, 2.45) is 5.73 Å². The topological polar surface area (TPSA) is 81.2 Å². The van der Waals surface area contributed by atoms with E-state index in [-0.39, 0.29) is 18.0 Å². The minimum atomic E-state index is -0.873. The monoisotopic (exact) mass is 348 g/mol. The van der Waals surface area contributed by atoms with Gasteiger partial charge < -0.3 is 15.2 Å². The molecule has 1 atom stereocenters. The minimum absolute atomic E-state index is 0.0202. The van der Waals surface area contributed by atoms with E-state index in [0.717, 1.165) is 25.0 Å². The lowest BCUT2D eigenvalue weighted by atomic mass is 9.96. The molecule has 1 aromatic carbocycles. The second-order valence-corrected chi connectivity index (χ2v) is 6.09. The standard InChI is InChI=1S/C17H18F2N4O2/c18-12-3-4-13(14(19)8-12)17(25)23-6-1-2-11(9-23)16-21-5-7-22(16)10-15(20)24/h3-5,7-8,11H,1-2,6,9-10H2,(H2,20,24). The first-order chi connectivity index (χ1) is 12.0. The first-order valence-corrected chi connectivity index (χ1v) is 7.99. The molecule has 0 bridgehead atoms. The van der Waals surface area contributed by atoms with Gasteiger partial charge in [0.1, 0.15) is 24.0 Å². The Kier molecular flexibility index (Phi) is 4.78. The number of nitrogens with zero attached hydrogens (tertiary/aromatic N) is 3. The van der Waals surface area contributed by atoms with E-state index in [9.17, 15) is 18.4 Å². The Morgan fingerprint density at radius 1 is 1.32 bits per heavy atom. The average molecular weight is 348 g/mol. The zero-order valence-electron chi connectivity index (χ0n) is 13.5. The van der Waals surface area contributed by atoms with E-state index in [1.165, 1.54) is 4.90 Å². The maximum Gasteiger partial charge on any atom is 0.256 e. The molecule has 6 nitrogen and oxygen atoms in total. The van der Waals surface area contributed by atoms with Crippen LogP contribution in [0.15, 0.2) is 30.6 Å². The molecule has 0 aliphatic carbocycles. The number of nitrogens with two attached hydrogens (primary N) is 1. The number of halogens is 2. The van der Waals surface area contributed by atoms with E-state index in [1.807, 2.05) is 0 Å². The van der Waals surface area contributed by atoms with E-state index in [1.54, 1.807) is 17.0 Å². The number of carbonyl (C=O) groups is 2. The van der Waals surface area contributed by atoms with Crippen LogP contribution in [0, 0.1) is 11.6 Å². The smallest absolute Gasteiger partial charge is 0.256 e. The van der Waals surface area contributed by atoms with Gasteiger partial charge in [0.2, 0.25) is 5.91 Å². The van der Waals surface area contributed by atoms with E-state index >= 15 is 0 Å². The number of aromatic nitrogens is 2. The molecule has 1 aliphatic rings. The fourth-order valence-corrected chi connectivity index (χ4v) is 3.19. The fourth-order valence-electron chi connectivity index (χ4n) is 3.19. The largest absolute Gasteiger partial charge is 0.368 e. The van der Waals surface area contributed by atoms with Crippen molar-refractivity contribution in [1.82, 2.24) is 14.5 Å². The number of benzene rings is 1. The lowest BCUT2D eigenvalue weighted by Gasteiger charge is -2.32. The van der Waals surface area contributed by atoms with Gasteiger partial charge in [0.25, 0.3) is 5.91 Å². The van der Waals surface area contributed by atoms with Crippen molar-refractivity contribution >= 4 is 11.8 Å². The van der Waals surface area contributed by atoms with Crippen molar-refractivity contribution in [3.05, 3.63) is 53.6 Å². The molecule has 1 aromatic heterocycles. The van der Waals surface area contributed by atoms with E-state index in [0.29, 0.717) is 25.0 Å². The zero-order chi connectivity index (χ0) is 18.0. The number of primary amides is 1. The van der Waals surface area contributed by atoms with Crippen molar-refractivity contribution in [2.45, 2.75) is 25.3 Å². The molecule has 8 heteroatoms. The van der Waals surface area contributed by atoms with Gasteiger partial charge in [-0.15, -0.1) is 0 Å². The molecule has 0 saturated carbocycles. The van der Waals surface area contributed by atoms with Crippen LogP contribution in [0.5, 0.6) is 0 Å². The third-order valence-corrected chi connectivity index (χ3v) is 4.31. The summed E-state index contributed by atoms with van der Waals surface area (Å²) in [4.78, 5) is 29.6. The maximum absolute atomic E-state index is 13.9. The van der Waals surface area contributed by atoms with Gasteiger partial charge in [0.15, 0.2) is 0 Å². The lowest BCUT2D eigenvalue weighted by Crippen LogP contribution is -2.40. The Balaban J connectivity index is 1.78. The second-order valence-electron chi connectivity index (χ2n) is 6.09. The summed E-state index contributed by atoms with van der Waals surface area (Å²) >= 11 is 0. The molecule has 1 fully saturated rings. The number of piperidine rings is 1. The molecule has 1 unspecified atom stereocenters. The number of hydrogen-bond donors (Lipinski definition) is 1. The molecule has 2 N–H and O–H groups in total. The van der Waals surface area contributed by atoms with Crippen LogP contribution < -0.4 is 5.73 Å². The Labute approximate surface area is 143 Å². The van der Waals surface area contributed by atoms with Crippen LogP contribution in [0.2, 0.25) is 0 Å². The van der Waals surface area contributed by atoms with Gasteiger partial charge in [-0.2, -0.15) is 0 Å². The molecule has 25 heavy (non-hydrogen) atoms. The SMILES string of the molecule is NC(=O)Cn1ccnc1C1CCCN(C(=O)c2ccc(F)cc2F)C1. The Hall–Kier alpha value is -2.77. The molecule has 3 rings (SSSR count). The van der Waals surface area contributed by atoms with Crippen LogP contribution in [0.1, 0.15) is 34.9 Å². The van der Waals surface area contributed by atoms with Crippen molar-refractivity contribution in [1.29, 1.82) is 0 Å². The summed E-state index contributed by atoms with van der Waals surface area (Å²) in [5.74, 6) is -1.94. The van der Waals surface area contributed by atoms with Gasteiger partial charge in [-0.05, 0) is 25.0 Å². The predicted molar refractivity (Wildman–Crippen MR) is 85.7 cm³/mol. The first kappa shape index (κ1) is 17.1. The third kappa shape index (κ3) is 3.67. The summed E-state index contributed by atoms with van der Waals surface area (Å²) in [6, 6.07) is 2.93. The number of imidazole rings is 1. The summed E-state index contributed by atoms with van der Waals surface area (Å²) in [6.07, 6.45) is 4.77. The van der Waals surface area contributed by atoms with E-state index in [4.69, 9.17) is 5.73 Å². The van der Waals surface area contributed by atoms with Gasteiger partial charge in [-0.25, -0.2) is 13.8 Å². The molecule has 2 heterocycles. The van der Waals surface area contributed by atoms with Crippen LogP contribution in [-0.4, -0.2) is 39.4 Å². The molecule has 2 aromatic rings. The molecular weight excluding hydrogens is 330 g/mol. The second kappa shape index (κ2) is 7.00. The van der Waals surface area contributed by atoms with Crippen LogP contribution in [0.3, 0.4) is 0 Å². The Bertz CT molecular complexity index is 806. The van der Waals surface area contributed by atoms with Gasteiger partial charge in [-0.3, -0.25) is 9.59 Å². The summed E-state index contributed by atoms with van der Waals surface area (Å²) in [5, 5.41) is 0. The average Bonchev–Trinajstić information content (AvgIpc) is 3.02. The first-order valence-electron chi connectivity index (χ1n) is 7.99. The van der Waals surface area contributed by atoms with Crippen LogP contribution in [-0.2, 0) is 11.3 Å². The number of rotatable bonds is 4. The van der Waals surface area contributed by atoms with Gasteiger partial charge in [0.05, 0.1) is 5.56 Å². The van der Waals surface area contributed by atoms with Gasteiger partial charge in [0, 0.05) is 37.5 Å². The van der Waals surface area contributed by atoms with Crippen molar-refractivity contribution < 1.29 is 18.4 Å². The van der Waals surface area contributed by atoms with Crippen LogP contribution in [0.25, 0.3) is 0 Å². The summed E-state index contributed by atoms with van der Waals surface area (Å²) < 4.78 is 28.6.